The highest BCUT2D eigenvalue weighted by Gasteiger charge is 2.18. The number of nitro benzene ring substituents is 1. The van der Waals surface area contributed by atoms with E-state index < -0.39 is 0 Å². The van der Waals surface area contributed by atoms with Crippen LogP contribution in [0.3, 0.4) is 0 Å². The van der Waals surface area contributed by atoms with Crippen molar-refractivity contribution in [3.05, 3.63) is 49.9 Å². The van der Waals surface area contributed by atoms with E-state index in [9.17, 15) is 15.4 Å². The van der Waals surface area contributed by atoms with Gasteiger partial charge in [-0.25, -0.2) is 4.99 Å². The van der Waals surface area contributed by atoms with Crippen LogP contribution < -0.4 is 4.90 Å². The minimum absolute atomic E-state index is 0.0618. The first kappa shape index (κ1) is 18.6. The van der Waals surface area contributed by atoms with E-state index in [0.29, 0.717) is 34.9 Å². The highest BCUT2D eigenvalue weighted by molar-refractivity contribution is 7.16. The quantitative estimate of drug-likeness (QED) is 0.425. The fourth-order valence-electron chi connectivity index (χ4n) is 2.56. The van der Waals surface area contributed by atoms with Gasteiger partial charge in [-0.3, -0.25) is 10.1 Å². The molecule has 0 aliphatic carbocycles. The van der Waals surface area contributed by atoms with Crippen LogP contribution in [0.2, 0.25) is 0 Å². The Labute approximate surface area is 151 Å². The molecular weight excluding hydrogens is 336 g/mol. The normalized spacial score (nSPS) is 10.8. The molecule has 0 unspecified atom stereocenters. The van der Waals surface area contributed by atoms with Crippen LogP contribution in [0.15, 0.2) is 23.2 Å². The zero-order valence-corrected chi connectivity index (χ0v) is 15.6. The first-order valence-corrected chi connectivity index (χ1v) is 8.82. The minimum atomic E-state index is -0.370. The molecule has 25 heavy (non-hydrogen) atoms. The molecule has 1 heterocycles. The van der Waals surface area contributed by atoms with Crippen molar-refractivity contribution in [3.63, 3.8) is 0 Å². The number of aliphatic imine (C=N–C) groups is 1. The van der Waals surface area contributed by atoms with Crippen LogP contribution in [0.5, 0.6) is 0 Å². The van der Waals surface area contributed by atoms with E-state index in [2.05, 4.69) is 11.1 Å². The van der Waals surface area contributed by atoms with Gasteiger partial charge in [-0.2, -0.15) is 5.26 Å². The maximum atomic E-state index is 11.4. The van der Waals surface area contributed by atoms with Crippen molar-refractivity contribution >= 4 is 33.9 Å². The molecule has 0 bridgehead atoms. The number of nitro groups is 1. The van der Waals surface area contributed by atoms with Crippen molar-refractivity contribution in [3.8, 4) is 6.07 Å². The topological polar surface area (TPSA) is 82.5 Å². The number of hydrogen-bond donors (Lipinski definition) is 0. The Morgan fingerprint density at radius 2 is 2.04 bits per heavy atom. The summed E-state index contributed by atoms with van der Waals surface area (Å²) in [7, 11) is 0. The largest absolute Gasteiger partial charge is 0.367 e. The van der Waals surface area contributed by atoms with E-state index in [1.165, 1.54) is 17.4 Å². The van der Waals surface area contributed by atoms with Crippen molar-refractivity contribution in [1.82, 2.24) is 0 Å². The third kappa shape index (κ3) is 3.86. The van der Waals surface area contributed by atoms with E-state index in [-0.39, 0.29) is 10.6 Å². The van der Waals surface area contributed by atoms with Crippen molar-refractivity contribution in [2.24, 2.45) is 4.99 Å². The summed E-state index contributed by atoms with van der Waals surface area (Å²) < 4.78 is 0. The lowest BCUT2D eigenvalue weighted by molar-refractivity contribution is -0.384. The molecule has 1 aromatic heterocycles. The Morgan fingerprint density at radius 3 is 2.60 bits per heavy atom. The molecule has 0 radical (unpaired) electrons. The number of aryl methyl sites for hydroxylation is 1. The zero-order chi connectivity index (χ0) is 18.6. The second-order valence-electron chi connectivity index (χ2n) is 5.51. The van der Waals surface area contributed by atoms with Crippen molar-refractivity contribution in [1.29, 1.82) is 5.26 Å². The van der Waals surface area contributed by atoms with E-state index in [4.69, 9.17) is 0 Å². The predicted molar refractivity (Wildman–Crippen MR) is 102 cm³/mol. The van der Waals surface area contributed by atoms with E-state index >= 15 is 0 Å². The number of hydrogen-bond acceptors (Lipinski definition) is 6. The van der Waals surface area contributed by atoms with Gasteiger partial charge >= 0.3 is 0 Å². The second-order valence-corrected chi connectivity index (χ2v) is 6.71. The lowest BCUT2D eigenvalue weighted by Gasteiger charge is -2.20. The standard InChI is InChI=1S/C18H20N4O2S/c1-5-21(6-2)16-8-7-14(9-17(16)22(23)24)11-20-18-15(10-19)12(3)13(4)25-18/h7-9,11H,5-6H2,1-4H3. The molecule has 0 saturated carbocycles. The molecule has 0 fully saturated rings. The average molecular weight is 356 g/mol. The number of nitrogens with zero attached hydrogens (tertiary/aromatic N) is 4. The number of thiophene rings is 1. The highest BCUT2D eigenvalue weighted by Crippen LogP contribution is 2.34. The second kappa shape index (κ2) is 7.90. The summed E-state index contributed by atoms with van der Waals surface area (Å²) in [5.74, 6) is 0. The maximum Gasteiger partial charge on any atom is 0.293 e. The van der Waals surface area contributed by atoms with Crippen molar-refractivity contribution in [2.75, 3.05) is 18.0 Å². The Kier molecular flexibility index (Phi) is 5.88. The molecule has 6 nitrogen and oxygen atoms in total. The number of rotatable bonds is 6. The molecule has 1 aromatic carbocycles. The van der Waals surface area contributed by atoms with Gasteiger partial charge in [0.1, 0.15) is 16.8 Å². The summed E-state index contributed by atoms with van der Waals surface area (Å²) in [4.78, 5) is 18.4. The summed E-state index contributed by atoms with van der Waals surface area (Å²) in [5, 5.41) is 21.3. The third-order valence-corrected chi connectivity index (χ3v) is 5.22. The lowest BCUT2D eigenvalue weighted by Crippen LogP contribution is -2.22. The molecule has 0 spiro atoms. The van der Waals surface area contributed by atoms with Crippen LogP contribution in [0.25, 0.3) is 0 Å². The fraction of sp³-hybridized carbons (Fsp3) is 0.333. The Balaban J connectivity index is 2.42. The molecule has 0 aliphatic rings. The summed E-state index contributed by atoms with van der Waals surface area (Å²) >= 11 is 1.45. The summed E-state index contributed by atoms with van der Waals surface area (Å²) in [6.45, 7) is 9.17. The average Bonchev–Trinajstić information content (AvgIpc) is 2.88. The first-order valence-electron chi connectivity index (χ1n) is 8.00. The Hall–Kier alpha value is -2.72. The van der Waals surface area contributed by atoms with Gasteiger partial charge in [0.25, 0.3) is 5.69 Å². The molecule has 7 heteroatoms. The summed E-state index contributed by atoms with van der Waals surface area (Å²) in [6.07, 6.45) is 1.57. The van der Waals surface area contributed by atoms with Gasteiger partial charge in [0.15, 0.2) is 0 Å². The van der Waals surface area contributed by atoms with Gasteiger partial charge in [0, 0.05) is 30.2 Å². The van der Waals surface area contributed by atoms with Crippen LogP contribution in [0.4, 0.5) is 16.4 Å². The molecule has 0 N–H and O–H groups in total. The zero-order valence-electron chi connectivity index (χ0n) is 14.7. The molecule has 0 atom stereocenters. The SMILES string of the molecule is CCN(CC)c1ccc(C=Nc2sc(C)c(C)c2C#N)cc1[N+](=O)[O-]. The van der Waals surface area contributed by atoms with Gasteiger partial charge in [0.2, 0.25) is 0 Å². The lowest BCUT2D eigenvalue weighted by atomic mass is 10.1. The van der Waals surface area contributed by atoms with Crippen LogP contribution in [0, 0.1) is 35.3 Å². The van der Waals surface area contributed by atoms with E-state index in [1.807, 2.05) is 38.7 Å². The van der Waals surface area contributed by atoms with Gasteiger partial charge < -0.3 is 4.90 Å². The van der Waals surface area contributed by atoms with Gasteiger partial charge in [0.05, 0.1) is 10.5 Å². The van der Waals surface area contributed by atoms with Crippen molar-refractivity contribution in [2.45, 2.75) is 27.7 Å². The Bertz CT molecular complexity index is 861. The van der Waals surface area contributed by atoms with Crippen LogP contribution in [-0.2, 0) is 0 Å². The first-order chi connectivity index (χ1) is 11.9. The molecule has 2 rings (SSSR count). The minimum Gasteiger partial charge on any atom is -0.367 e. The van der Waals surface area contributed by atoms with E-state index in [1.54, 1.807) is 12.3 Å². The number of anilines is 1. The number of benzene rings is 1. The fourth-order valence-corrected chi connectivity index (χ4v) is 3.51. The summed E-state index contributed by atoms with van der Waals surface area (Å²) in [5.41, 5.74) is 2.80. The van der Waals surface area contributed by atoms with Crippen LogP contribution >= 0.6 is 11.3 Å². The molecular formula is C18H20N4O2S. The number of nitriles is 1. The monoisotopic (exact) mass is 356 g/mol. The molecule has 0 amide bonds. The third-order valence-electron chi connectivity index (χ3n) is 4.11. The molecule has 0 saturated heterocycles. The smallest absolute Gasteiger partial charge is 0.293 e. The molecule has 130 valence electrons. The predicted octanol–water partition coefficient (Wildman–Crippen LogP) is 4.74. The van der Waals surface area contributed by atoms with Gasteiger partial charge in [-0.1, -0.05) is 6.07 Å². The summed E-state index contributed by atoms with van der Waals surface area (Å²) in [6, 6.07) is 7.26. The maximum absolute atomic E-state index is 11.4. The highest BCUT2D eigenvalue weighted by atomic mass is 32.1. The van der Waals surface area contributed by atoms with Crippen molar-refractivity contribution < 1.29 is 4.92 Å². The van der Waals surface area contributed by atoms with E-state index in [0.717, 1.165) is 10.4 Å². The van der Waals surface area contributed by atoms with Crippen LogP contribution in [-0.4, -0.2) is 24.2 Å². The Morgan fingerprint density at radius 1 is 1.36 bits per heavy atom. The molecule has 0 aliphatic heterocycles. The van der Waals surface area contributed by atoms with Gasteiger partial charge in [-0.15, -0.1) is 11.3 Å². The molecule has 2 aromatic rings. The van der Waals surface area contributed by atoms with Crippen LogP contribution in [0.1, 0.15) is 35.4 Å². The van der Waals surface area contributed by atoms with Gasteiger partial charge in [-0.05, 0) is 44.9 Å².